The fraction of sp³-hybridized carbons (Fsp3) is 1.00. The summed E-state index contributed by atoms with van der Waals surface area (Å²) in [5.41, 5.74) is 9.13. The van der Waals surface area contributed by atoms with Crippen LogP contribution in [0, 0.1) is 10.8 Å². The normalized spacial score (nSPS) is 26.7. The summed E-state index contributed by atoms with van der Waals surface area (Å²) in [4.78, 5) is 3.06. The lowest BCUT2D eigenvalue weighted by Crippen LogP contribution is -2.44. The van der Waals surface area contributed by atoms with E-state index in [2.05, 4.69) is 44.6 Å². The highest BCUT2D eigenvalue weighted by Gasteiger charge is 2.45. The second-order valence-corrected chi connectivity index (χ2v) is 6.63. The van der Waals surface area contributed by atoms with E-state index in [1.807, 2.05) is 0 Å². The number of rotatable bonds is 2. The van der Waals surface area contributed by atoms with Gasteiger partial charge in [-0.2, -0.15) is 0 Å². The summed E-state index contributed by atoms with van der Waals surface area (Å²) in [5.74, 6) is 0. The lowest BCUT2D eigenvalue weighted by atomic mass is 9.58. The van der Waals surface area contributed by atoms with Crippen molar-refractivity contribution in [2.45, 2.75) is 65.8 Å². The Bertz CT molecular complexity index is 269. The first-order valence-electron chi connectivity index (χ1n) is 5.81. The van der Waals surface area contributed by atoms with Gasteiger partial charge in [0.25, 0.3) is 0 Å². The van der Waals surface area contributed by atoms with Crippen LogP contribution in [-0.4, -0.2) is 5.54 Å². The summed E-state index contributed by atoms with van der Waals surface area (Å²) in [5, 5.41) is 4.11. The largest absolute Gasteiger partial charge is 0.0872 e. The topological polar surface area (TPSA) is 48.8 Å². The van der Waals surface area contributed by atoms with Gasteiger partial charge >= 0.3 is 0 Å². The monoisotopic (exact) mass is 209 g/mol. The summed E-state index contributed by atoms with van der Waals surface area (Å²) in [6.07, 6.45) is 4.20. The molecule has 0 amide bonds. The van der Waals surface area contributed by atoms with Crippen LogP contribution in [0.15, 0.2) is 5.11 Å². The van der Waals surface area contributed by atoms with E-state index in [0.717, 1.165) is 19.3 Å². The predicted octanol–water partition coefficient (Wildman–Crippen LogP) is 4.68. The van der Waals surface area contributed by atoms with E-state index < -0.39 is 0 Å². The molecule has 0 N–H and O–H groups in total. The molecule has 1 aliphatic rings. The molecule has 3 heteroatoms. The number of azide groups is 1. The third-order valence-corrected chi connectivity index (χ3v) is 3.49. The molecule has 0 unspecified atom stereocenters. The fourth-order valence-electron chi connectivity index (χ4n) is 3.75. The molecule has 86 valence electrons. The van der Waals surface area contributed by atoms with Gasteiger partial charge in [0.05, 0.1) is 0 Å². The Morgan fingerprint density at radius 3 is 1.87 bits per heavy atom. The van der Waals surface area contributed by atoms with Gasteiger partial charge in [0, 0.05) is 10.5 Å². The van der Waals surface area contributed by atoms with Crippen LogP contribution < -0.4 is 0 Å². The molecule has 0 bridgehead atoms. The van der Waals surface area contributed by atoms with E-state index in [1.54, 1.807) is 0 Å². The van der Waals surface area contributed by atoms with Crippen molar-refractivity contribution in [1.82, 2.24) is 0 Å². The zero-order valence-electron chi connectivity index (χ0n) is 10.7. The third kappa shape index (κ3) is 2.88. The first-order chi connectivity index (χ1) is 6.74. The van der Waals surface area contributed by atoms with E-state index >= 15 is 0 Å². The lowest BCUT2D eigenvalue weighted by molar-refractivity contribution is 0.0469. The molecule has 15 heavy (non-hydrogen) atoms. The van der Waals surface area contributed by atoms with Gasteiger partial charge < -0.3 is 0 Å². The van der Waals surface area contributed by atoms with Crippen LogP contribution in [0.1, 0.15) is 60.3 Å². The Hall–Kier alpha value is -0.690. The molecule has 0 aromatic carbocycles. The quantitative estimate of drug-likeness (QED) is 0.360. The van der Waals surface area contributed by atoms with Crippen molar-refractivity contribution in [3.63, 3.8) is 0 Å². The Morgan fingerprint density at radius 2 is 1.53 bits per heavy atom. The molecule has 1 fully saturated rings. The minimum atomic E-state index is -0.153. The van der Waals surface area contributed by atoms with Crippen molar-refractivity contribution in [3.8, 4) is 0 Å². The smallest absolute Gasteiger partial charge is 0.0495 e. The predicted molar refractivity (Wildman–Crippen MR) is 63.6 cm³/mol. The average Bonchev–Trinajstić information content (AvgIpc) is 1.98. The van der Waals surface area contributed by atoms with E-state index in [1.165, 1.54) is 6.42 Å². The summed E-state index contributed by atoms with van der Waals surface area (Å²) in [6.45, 7) is 11.3. The van der Waals surface area contributed by atoms with Crippen molar-refractivity contribution in [2.75, 3.05) is 0 Å². The molecule has 1 aliphatic carbocycles. The summed E-state index contributed by atoms with van der Waals surface area (Å²) < 4.78 is 0. The third-order valence-electron chi connectivity index (χ3n) is 3.49. The number of hydrogen-bond donors (Lipinski definition) is 0. The summed E-state index contributed by atoms with van der Waals surface area (Å²) >= 11 is 0. The molecule has 0 heterocycles. The van der Waals surface area contributed by atoms with Crippen molar-refractivity contribution in [3.05, 3.63) is 10.4 Å². The molecular weight excluding hydrogens is 186 g/mol. The highest BCUT2D eigenvalue weighted by molar-refractivity contribution is 5.02. The van der Waals surface area contributed by atoms with E-state index in [0.29, 0.717) is 0 Å². The first-order valence-corrected chi connectivity index (χ1v) is 5.81. The molecule has 1 rings (SSSR count). The van der Waals surface area contributed by atoms with Gasteiger partial charge in [0.1, 0.15) is 0 Å². The molecule has 0 aromatic rings. The second kappa shape index (κ2) is 3.71. The van der Waals surface area contributed by atoms with Gasteiger partial charge in [0.2, 0.25) is 0 Å². The van der Waals surface area contributed by atoms with Crippen LogP contribution >= 0.6 is 0 Å². The molecule has 0 spiro atoms. The second-order valence-electron chi connectivity index (χ2n) is 6.63. The molecular formula is C12H23N3. The zero-order chi connectivity index (χ0) is 11.7. The Kier molecular flexibility index (Phi) is 3.06. The first kappa shape index (κ1) is 12.4. The highest BCUT2D eigenvalue weighted by Crippen LogP contribution is 2.52. The van der Waals surface area contributed by atoms with Gasteiger partial charge in [-0.15, -0.1) is 0 Å². The highest BCUT2D eigenvalue weighted by atomic mass is 15.2. The van der Waals surface area contributed by atoms with Crippen molar-refractivity contribution in [2.24, 2.45) is 15.9 Å². The van der Waals surface area contributed by atoms with Gasteiger partial charge in [0.15, 0.2) is 0 Å². The SMILES string of the molecule is CCC1(N=[N+]=[N-])CC(C)(C)CC(C)(C)C1. The summed E-state index contributed by atoms with van der Waals surface area (Å²) in [7, 11) is 0. The van der Waals surface area contributed by atoms with E-state index in [-0.39, 0.29) is 16.4 Å². The van der Waals surface area contributed by atoms with Gasteiger partial charge in [-0.3, -0.25) is 0 Å². The van der Waals surface area contributed by atoms with Crippen molar-refractivity contribution >= 4 is 0 Å². The maximum atomic E-state index is 8.71. The van der Waals surface area contributed by atoms with Crippen LogP contribution in [0.4, 0.5) is 0 Å². The van der Waals surface area contributed by atoms with E-state index in [4.69, 9.17) is 5.53 Å². The van der Waals surface area contributed by atoms with Gasteiger partial charge in [-0.25, -0.2) is 0 Å². The van der Waals surface area contributed by atoms with E-state index in [9.17, 15) is 0 Å². The van der Waals surface area contributed by atoms with Gasteiger partial charge in [-0.1, -0.05) is 39.7 Å². The Labute approximate surface area is 92.9 Å². The Balaban J connectivity index is 3.04. The maximum absolute atomic E-state index is 8.71. The van der Waals surface area contributed by atoms with Crippen LogP contribution in [-0.2, 0) is 0 Å². The zero-order valence-corrected chi connectivity index (χ0v) is 10.7. The maximum Gasteiger partial charge on any atom is 0.0495 e. The minimum Gasteiger partial charge on any atom is -0.0872 e. The van der Waals surface area contributed by atoms with Crippen molar-refractivity contribution in [1.29, 1.82) is 0 Å². The molecule has 0 saturated heterocycles. The van der Waals surface area contributed by atoms with Crippen LogP contribution in [0.3, 0.4) is 0 Å². The molecule has 0 atom stereocenters. The fourth-order valence-corrected chi connectivity index (χ4v) is 3.75. The molecule has 3 nitrogen and oxygen atoms in total. The van der Waals surface area contributed by atoms with Gasteiger partial charge in [-0.05, 0) is 42.0 Å². The molecule has 0 aliphatic heterocycles. The van der Waals surface area contributed by atoms with Crippen LogP contribution in [0.25, 0.3) is 10.4 Å². The lowest BCUT2D eigenvalue weighted by Gasteiger charge is -2.49. The Morgan fingerprint density at radius 1 is 1.07 bits per heavy atom. The molecule has 0 radical (unpaired) electrons. The standard InChI is InChI=1S/C12H23N3/c1-6-12(14-15-13)8-10(2,3)7-11(4,5)9-12/h6-9H2,1-5H3. The average molecular weight is 209 g/mol. The van der Waals surface area contributed by atoms with Crippen LogP contribution in [0.2, 0.25) is 0 Å². The minimum absolute atomic E-state index is 0.153. The molecule has 0 aromatic heterocycles. The summed E-state index contributed by atoms with van der Waals surface area (Å²) in [6, 6.07) is 0. The van der Waals surface area contributed by atoms with Crippen LogP contribution in [0.5, 0.6) is 0 Å². The number of hydrogen-bond acceptors (Lipinski definition) is 1. The van der Waals surface area contributed by atoms with Crippen molar-refractivity contribution < 1.29 is 0 Å². The number of nitrogens with zero attached hydrogens (tertiary/aromatic N) is 3. The molecule has 1 saturated carbocycles.